The lowest BCUT2D eigenvalue weighted by Gasteiger charge is -2.64. The van der Waals surface area contributed by atoms with E-state index in [1.165, 1.54) is 19.3 Å². The fourth-order valence-electron chi connectivity index (χ4n) is 7.22. The SMILES string of the molecule is CC12CC3CC(C)(C1)CC(C(=O)Nc1cccc4c1COC4=O)(C3)C2. The van der Waals surface area contributed by atoms with Crippen molar-refractivity contribution >= 4 is 17.6 Å². The first-order chi connectivity index (χ1) is 11.8. The van der Waals surface area contributed by atoms with E-state index in [1.807, 2.05) is 12.1 Å². The van der Waals surface area contributed by atoms with Gasteiger partial charge in [0.15, 0.2) is 0 Å². The van der Waals surface area contributed by atoms with Crippen molar-refractivity contribution in [1.82, 2.24) is 0 Å². The van der Waals surface area contributed by atoms with Gasteiger partial charge in [0.1, 0.15) is 6.61 Å². The number of amides is 1. The van der Waals surface area contributed by atoms with Crippen LogP contribution in [0.15, 0.2) is 18.2 Å². The molecule has 0 radical (unpaired) electrons. The van der Waals surface area contributed by atoms with Crippen LogP contribution in [0, 0.1) is 22.2 Å². The number of hydrogen-bond acceptors (Lipinski definition) is 3. The molecule has 0 aromatic heterocycles. The highest BCUT2D eigenvalue weighted by atomic mass is 16.5. The number of carbonyl (C=O) groups excluding carboxylic acids is 2. The van der Waals surface area contributed by atoms with Gasteiger partial charge in [-0.25, -0.2) is 4.79 Å². The molecule has 4 saturated carbocycles. The predicted molar refractivity (Wildman–Crippen MR) is 94.0 cm³/mol. The molecule has 1 N–H and O–H groups in total. The minimum Gasteiger partial charge on any atom is -0.457 e. The minimum absolute atomic E-state index is 0.154. The van der Waals surface area contributed by atoms with Crippen molar-refractivity contribution in [3.05, 3.63) is 29.3 Å². The van der Waals surface area contributed by atoms with Crippen LogP contribution in [0.3, 0.4) is 0 Å². The smallest absolute Gasteiger partial charge is 0.338 e. The summed E-state index contributed by atoms with van der Waals surface area (Å²) < 4.78 is 5.14. The van der Waals surface area contributed by atoms with Crippen LogP contribution >= 0.6 is 0 Å². The van der Waals surface area contributed by atoms with E-state index in [-0.39, 0.29) is 23.9 Å². The molecule has 4 nitrogen and oxygen atoms in total. The first-order valence-corrected chi connectivity index (χ1v) is 9.41. The zero-order valence-electron chi connectivity index (χ0n) is 15.0. The van der Waals surface area contributed by atoms with Crippen LogP contribution in [0.5, 0.6) is 0 Å². The number of rotatable bonds is 2. The Balaban J connectivity index is 1.47. The molecule has 1 amide bonds. The van der Waals surface area contributed by atoms with Crippen molar-refractivity contribution in [2.45, 2.75) is 59.0 Å². The van der Waals surface area contributed by atoms with Gasteiger partial charge >= 0.3 is 5.97 Å². The molecule has 4 fully saturated rings. The summed E-state index contributed by atoms with van der Waals surface area (Å²) in [7, 11) is 0. The van der Waals surface area contributed by atoms with Gasteiger partial charge in [0.2, 0.25) is 5.91 Å². The number of esters is 1. The van der Waals surface area contributed by atoms with E-state index in [0.29, 0.717) is 22.3 Å². The van der Waals surface area contributed by atoms with Crippen molar-refractivity contribution in [3.8, 4) is 0 Å². The van der Waals surface area contributed by atoms with Gasteiger partial charge in [-0.3, -0.25) is 4.79 Å². The summed E-state index contributed by atoms with van der Waals surface area (Å²) in [6.07, 6.45) is 6.84. The lowest BCUT2D eigenvalue weighted by atomic mass is 9.40. The fourth-order valence-corrected chi connectivity index (χ4v) is 7.22. The zero-order chi connectivity index (χ0) is 17.4. The van der Waals surface area contributed by atoms with Crippen LogP contribution < -0.4 is 5.32 Å². The zero-order valence-corrected chi connectivity index (χ0v) is 15.0. The summed E-state index contributed by atoms with van der Waals surface area (Å²) in [5, 5.41) is 3.18. The molecule has 25 heavy (non-hydrogen) atoms. The molecule has 0 spiro atoms. The maximum Gasteiger partial charge on any atom is 0.338 e. The highest BCUT2D eigenvalue weighted by Gasteiger charge is 2.62. The number of benzene rings is 1. The van der Waals surface area contributed by atoms with Crippen molar-refractivity contribution in [2.24, 2.45) is 22.2 Å². The molecule has 4 heteroatoms. The van der Waals surface area contributed by atoms with Crippen LogP contribution in [0.25, 0.3) is 0 Å². The maximum absolute atomic E-state index is 13.4. The standard InChI is InChI=1S/C21H25NO3/c1-19-6-13-7-20(2,10-19)12-21(8-13,11-19)18(24)22-16-5-3-4-14-15(16)9-25-17(14)23/h3-5,13H,6-12H2,1-2H3,(H,22,24). The normalized spacial score (nSPS) is 40.7. The maximum atomic E-state index is 13.4. The molecule has 6 rings (SSSR count). The molecule has 1 aliphatic heterocycles. The average Bonchev–Trinajstić information content (AvgIpc) is 2.86. The quantitative estimate of drug-likeness (QED) is 0.818. The number of hydrogen-bond donors (Lipinski definition) is 1. The molecule has 4 aliphatic carbocycles. The Kier molecular flexibility index (Phi) is 2.87. The average molecular weight is 339 g/mol. The second-order valence-corrected chi connectivity index (χ2v) is 9.77. The summed E-state index contributed by atoms with van der Waals surface area (Å²) >= 11 is 0. The Morgan fingerprint density at radius 1 is 1.12 bits per heavy atom. The summed E-state index contributed by atoms with van der Waals surface area (Å²) in [5.41, 5.74) is 2.53. The van der Waals surface area contributed by atoms with Gasteiger partial charge in [0, 0.05) is 11.3 Å². The summed E-state index contributed by atoms with van der Waals surface area (Å²) in [6.45, 7) is 5.02. The Labute approximate surface area is 148 Å². The van der Waals surface area contributed by atoms with E-state index < -0.39 is 0 Å². The van der Waals surface area contributed by atoms with Gasteiger partial charge in [0.05, 0.1) is 11.0 Å². The third-order valence-corrected chi connectivity index (χ3v) is 7.10. The van der Waals surface area contributed by atoms with Gasteiger partial charge in [-0.15, -0.1) is 0 Å². The van der Waals surface area contributed by atoms with Crippen LogP contribution in [-0.2, 0) is 16.1 Å². The molecule has 0 saturated heterocycles. The molecule has 2 unspecified atom stereocenters. The van der Waals surface area contributed by atoms with E-state index in [0.717, 1.165) is 30.5 Å². The van der Waals surface area contributed by atoms with Crippen molar-refractivity contribution < 1.29 is 14.3 Å². The van der Waals surface area contributed by atoms with Crippen molar-refractivity contribution in [1.29, 1.82) is 0 Å². The first-order valence-electron chi connectivity index (χ1n) is 9.41. The van der Waals surface area contributed by atoms with E-state index in [1.54, 1.807) is 6.07 Å². The largest absolute Gasteiger partial charge is 0.457 e. The van der Waals surface area contributed by atoms with Crippen LogP contribution in [-0.4, -0.2) is 11.9 Å². The topological polar surface area (TPSA) is 55.4 Å². The Bertz CT molecular complexity index is 780. The third-order valence-electron chi connectivity index (χ3n) is 7.10. The van der Waals surface area contributed by atoms with Gasteiger partial charge in [-0.2, -0.15) is 0 Å². The van der Waals surface area contributed by atoms with Crippen LogP contribution in [0.2, 0.25) is 0 Å². The van der Waals surface area contributed by atoms with E-state index in [2.05, 4.69) is 19.2 Å². The first kappa shape index (κ1) is 15.4. The monoisotopic (exact) mass is 339 g/mol. The Hall–Kier alpha value is -1.84. The van der Waals surface area contributed by atoms with Gasteiger partial charge in [-0.1, -0.05) is 19.9 Å². The summed E-state index contributed by atoms with van der Waals surface area (Å²) in [6, 6.07) is 5.49. The number of anilines is 1. The molecule has 5 aliphatic rings. The summed E-state index contributed by atoms with van der Waals surface area (Å²) in [4.78, 5) is 25.2. The van der Waals surface area contributed by atoms with Gasteiger partial charge in [-0.05, 0) is 67.4 Å². The second kappa shape index (κ2) is 4.66. The Morgan fingerprint density at radius 3 is 2.52 bits per heavy atom. The number of cyclic esters (lactones) is 1. The summed E-state index contributed by atoms with van der Waals surface area (Å²) in [5.74, 6) is 0.547. The van der Waals surface area contributed by atoms with Crippen molar-refractivity contribution in [2.75, 3.05) is 5.32 Å². The molecule has 1 heterocycles. The predicted octanol–water partition coefficient (Wildman–Crippen LogP) is 4.29. The molecule has 4 bridgehead atoms. The lowest BCUT2D eigenvalue weighted by Crippen LogP contribution is -2.58. The number of carbonyl (C=O) groups is 2. The highest BCUT2D eigenvalue weighted by Crippen LogP contribution is 2.69. The highest BCUT2D eigenvalue weighted by molar-refractivity contribution is 6.00. The molecule has 1 aromatic rings. The molecule has 132 valence electrons. The van der Waals surface area contributed by atoms with E-state index in [4.69, 9.17) is 4.74 Å². The van der Waals surface area contributed by atoms with Crippen LogP contribution in [0.1, 0.15) is 68.3 Å². The fraction of sp³-hybridized carbons (Fsp3) is 0.619. The third kappa shape index (κ3) is 2.19. The lowest BCUT2D eigenvalue weighted by molar-refractivity contribution is -0.165. The minimum atomic E-state index is -0.291. The van der Waals surface area contributed by atoms with E-state index in [9.17, 15) is 9.59 Å². The second-order valence-electron chi connectivity index (χ2n) is 9.77. The Morgan fingerprint density at radius 2 is 1.84 bits per heavy atom. The molecular weight excluding hydrogens is 314 g/mol. The number of ether oxygens (including phenoxy) is 1. The van der Waals surface area contributed by atoms with E-state index >= 15 is 0 Å². The number of nitrogens with one attached hydrogen (secondary N) is 1. The van der Waals surface area contributed by atoms with Crippen LogP contribution in [0.4, 0.5) is 5.69 Å². The molecule has 2 atom stereocenters. The molecule has 1 aromatic carbocycles. The van der Waals surface area contributed by atoms with Gasteiger partial charge in [0.25, 0.3) is 0 Å². The molecular formula is C21H25NO3. The van der Waals surface area contributed by atoms with Crippen molar-refractivity contribution in [3.63, 3.8) is 0 Å². The number of fused-ring (bicyclic) bond motifs is 1. The van der Waals surface area contributed by atoms with Gasteiger partial charge < -0.3 is 10.1 Å².